The minimum Gasteiger partial charge on any atom is -0.396 e. The highest BCUT2D eigenvalue weighted by Crippen LogP contribution is 2.04. The molecule has 4 N–H and O–H groups in total. The molecule has 0 saturated heterocycles. The van der Waals surface area contributed by atoms with Gasteiger partial charge in [-0.05, 0) is 0 Å². The van der Waals surface area contributed by atoms with Gasteiger partial charge in [-0.3, -0.25) is 9.89 Å². The van der Waals surface area contributed by atoms with Gasteiger partial charge in [-0.15, -0.1) is 0 Å². The second kappa shape index (κ2) is 6.01. The number of H-pyrrole nitrogens is 1. The number of carbonyl (C=O) groups excluding carboxylic acids is 1. The first kappa shape index (κ1) is 12.4. The second-order valence-corrected chi connectivity index (χ2v) is 2.92. The average molecular weight is 234 g/mol. The van der Waals surface area contributed by atoms with Crippen LogP contribution in [0, 0.1) is 0 Å². The van der Waals surface area contributed by atoms with Crippen molar-refractivity contribution in [2.45, 2.75) is 6.43 Å². The van der Waals surface area contributed by atoms with Gasteiger partial charge >= 0.3 is 0 Å². The highest BCUT2D eigenvalue weighted by molar-refractivity contribution is 5.96. The van der Waals surface area contributed by atoms with Crippen molar-refractivity contribution >= 4 is 11.6 Å². The van der Waals surface area contributed by atoms with E-state index in [0.717, 1.165) is 0 Å². The van der Waals surface area contributed by atoms with Gasteiger partial charge < -0.3 is 15.8 Å². The molecule has 90 valence electrons. The molecule has 0 unspecified atom stereocenters. The van der Waals surface area contributed by atoms with Crippen LogP contribution in [0.1, 0.15) is 10.5 Å². The Kier molecular flexibility index (Phi) is 4.65. The molecule has 0 aliphatic heterocycles. The van der Waals surface area contributed by atoms with Crippen LogP contribution in [-0.2, 0) is 4.74 Å². The van der Waals surface area contributed by atoms with Crippen LogP contribution in [0.15, 0.2) is 6.20 Å². The van der Waals surface area contributed by atoms with Crippen molar-refractivity contribution in [2.24, 2.45) is 0 Å². The van der Waals surface area contributed by atoms with E-state index >= 15 is 0 Å². The van der Waals surface area contributed by atoms with E-state index in [-0.39, 0.29) is 24.5 Å². The first-order valence-electron chi connectivity index (χ1n) is 4.54. The van der Waals surface area contributed by atoms with E-state index in [2.05, 4.69) is 20.3 Å². The van der Waals surface area contributed by atoms with Gasteiger partial charge in [0.05, 0.1) is 18.5 Å². The molecule has 8 heteroatoms. The van der Waals surface area contributed by atoms with Crippen LogP contribution in [0.25, 0.3) is 0 Å². The lowest BCUT2D eigenvalue weighted by Crippen LogP contribution is -2.28. The summed E-state index contributed by atoms with van der Waals surface area (Å²) in [5, 5.41) is 8.43. The summed E-state index contributed by atoms with van der Waals surface area (Å²) in [4.78, 5) is 11.4. The SMILES string of the molecule is Nc1cn[nH]c1C(=O)NCCOCC(F)F. The Bertz CT molecular complexity index is 343. The molecule has 0 fully saturated rings. The van der Waals surface area contributed by atoms with Crippen molar-refractivity contribution < 1.29 is 18.3 Å². The number of nitrogen functional groups attached to an aromatic ring is 1. The first-order chi connectivity index (χ1) is 7.61. The van der Waals surface area contributed by atoms with Gasteiger partial charge in [0.1, 0.15) is 12.3 Å². The van der Waals surface area contributed by atoms with Gasteiger partial charge in [-0.2, -0.15) is 5.10 Å². The maximum absolute atomic E-state index is 11.7. The van der Waals surface area contributed by atoms with E-state index in [1.54, 1.807) is 0 Å². The lowest BCUT2D eigenvalue weighted by atomic mass is 10.3. The van der Waals surface area contributed by atoms with Crippen LogP contribution >= 0.6 is 0 Å². The third-order valence-corrected chi connectivity index (χ3v) is 1.67. The number of hydrogen-bond donors (Lipinski definition) is 3. The van der Waals surface area contributed by atoms with Crippen molar-refractivity contribution in [1.82, 2.24) is 15.5 Å². The molecule has 0 saturated carbocycles. The van der Waals surface area contributed by atoms with Crippen LogP contribution in [0.4, 0.5) is 14.5 Å². The number of nitrogens with two attached hydrogens (primary N) is 1. The minimum atomic E-state index is -2.50. The van der Waals surface area contributed by atoms with Gasteiger partial charge in [-0.25, -0.2) is 8.78 Å². The molecule has 1 heterocycles. The largest absolute Gasteiger partial charge is 0.396 e. The maximum atomic E-state index is 11.7. The Morgan fingerprint density at radius 3 is 3.00 bits per heavy atom. The number of carbonyl (C=O) groups is 1. The number of alkyl halides is 2. The van der Waals surface area contributed by atoms with E-state index in [9.17, 15) is 13.6 Å². The van der Waals surface area contributed by atoms with Crippen LogP contribution in [-0.4, -0.2) is 42.3 Å². The summed E-state index contributed by atoms with van der Waals surface area (Å²) in [5.41, 5.74) is 5.80. The minimum absolute atomic E-state index is 0.0180. The molecule has 6 nitrogen and oxygen atoms in total. The highest BCUT2D eigenvalue weighted by Gasteiger charge is 2.10. The number of nitrogens with zero attached hydrogens (tertiary/aromatic N) is 1. The number of anilines is 1. The summed E-state index contributed by atoms with van der Waals surface area (Å²) in [6.07, 6.45) is -1.19. The van der Waals surface area contributed by atoms with Crippen LogP contribution < -0.4 is 11.1 Å². The van der Waals surface area contributed by atoms with Gasteiger partial charge in [0, 0.05) is 6.54 Å². The van der Waals surface area contributed by atoms with Crippen molar-refractivity contribution in [3.63, 3.8) is 0 Å². The van der Waals surface area contributed by atoms with E-state index in [1.165, 1.54) is 6.20 Å². The first-order valence-corrected chi connectivity index (χ1v) is 4.54. The number of amides is 1. The monoisotopic (exact) mass is 234 g/mol. The predicted octanol–water partition coefficient (Wildman–Crippen LogP) is 0.00340. The topological polar surface area (TPSA) is 93.0 Å². The zero-order chi connectivity index (χ0) is 12.0. The van der Waals surface area contributed by atoms with E-state index in [1.807, 2.05) is 0 Å². The number of halogens is 2. The highest BCUT2D eigenvalue weighted by atomic mass is 19.3. The molecule has 0 bridgehead atoms. The maximum Gasteiger partial charge on any atom is 0.271 e. The van der Waals surface area contributed by atoms with Crippen molar-refractivity contribution in [2.75, 3.05) is 25.5 Å². The van der Waals surface area contributed by atoms with Crippen molar-refractivity contribution in [1.29, 1.82) is 0 Å². The standard InChI is InChI=1S/C8H12F2N4O2/c9-6(10)4-16-2-1-12-8(15)7-5(11)3-13-14-7/h3,6H,1-2,4,11H2,(H,12,15)(H,13,14). The Morgan fingerprint density at radius 1 is 1.69 bits per heavy atom. The second-order valence-electron chi connectivity index (χ2n) is 2.92. The average Bonchev–Trinajstić information content (AvgIpc) is 2.63. The molecule has 0 radical (unpaired) electrons. The number of hydrogen-bond acceptors (Lipinski definition) is 4. The molecule has 0 aliphatic carbocycles. The van der Waals surface area contributed by atoms with Crippen LogP contribution in [0.5, 0.6) is 0 Å². The van der Waals surface area contributed by atoms with E-state index < -0.39 is 18.9 Å². The Labute approximate surface area is 90.1 Å². The summed E-state index contributed by atoms with van der Waals surface area (Å²) in [6, 6.07) is 0. The molecule has 1 aromatic heterocycles. The molecule has 0 aliphatic rings. The third kappa shape index (κ3) is 3.81. The fraction of sp³-hybridized carbons (Fsp3) is 0.500. The summed E-state index contributed by atoms with van der Waals surface area (Å²) >= 11 is 0. The fourth-order valence-corrected chi connectivity index (χ4v) is 0.975. The lowest BCUT2D eigenvalue weighted by molar-refractivity contribution is 0.0188. The van der Waals surface area contributed by atoms with Gasteiger partial charge in [-0.1, -0.05) is 0 Å². The summed E-state index contributed by atoms with van der Waals surface area (Å²) in [7, 11) is 0. The number of aromatic nitrogens is 2. The van der Waals surface area contributed by atoms with Gasteiger partial charge in [0.2, 0.25) is 0 Å². The smallest absolute Gasteiger partial charge is 0.271 e. The third-order valence-electron chi connectivity index (χ3n) is 1.67. The fourth-order valence-electron chi connectivity index (χ4n) is 0.975. The molecule has 1 amide bonds. The molecule has 0 atom stereocenters. The summed E-state index contributed by atoms with van der Waals surface area (Å²) in [5.74, 6) is -0.448. The summed E-state index contributed by atoms with van der Waals surface area (Å²) < 4.78 is 27.9. The van der Waals surface area contributed by atoms with Crippen LogP contribution in [0.2, 0.25) is 0 Å². The number of ether oxygens (including phenoxy) is 1. The quantitative estimate of drug-likeness (QED) is 0.604. The normalized spacial score (nSPS) is 10.7. The molecule has 0 aromatic carbocycles. The van der Waals surface area contributed by atoms with Crippen molar-refractivity contribution in [3.8, 4) is 0 Å². The molecule has 1 rings (SSSR count). The lowest BCUT2D eigenvalue weighted by Gasteiger charge is -2.05. The Hall–Kier alpha value is -1.70. The van der Waals surface area contributed by atoms with Gasteiger partial charge in [0.25, 0.3) is 12.3 Å². The van der Waals surface area contributed by atoms with Crippen molar-refractivity contribution in [3.05, 3.63) is 11.9 Å². The number of rotatable bonds is 6. The van der Waals surface area contributed by atoms with E-state index in [0.29, 0.717) is 0 Å². The Balaban J connectivity index is 2.19. The number of nitrogens with one attached hydrogen (secondary N) is 2. The zero-order valence-corrected chi connectivity index (χ0v) is 8.37. The summed E-state index contributed by atoms with van der Waals surface area (Å²) in [6.45, 7) is -0.490. The molecule has 0 spiro atoms. The Morgan fingerprint density at radius 2 is 2.44 bits per heavy atom. The molecule has 1 aromatic rings. The van der Waals surface area contributed by atoms with E-state index in [4.69, 9.17) is 5.73 Å². The predicted molar refractivity (Wildman–Crippen MR) is 52.2 cm³/mol. The van der Waals surface area contributed by atoms with Crippen LogP contribution in [0.3, 0.4) is 0 Å². The zero-order valence-electron chi connectivity index (χ0n) is 8.37. The molecular formula is C8H12F2N4O2. The van der Waals surface area contributed by atoms with Gasteiger partial charge in [0.15, 0.2) is 0 Å². The number of aromatic amines is 1. The molecular weight excluding hydrogens is 222 g/mol. The molecule has 16 heavy (non-hydrogen) atoms.